The van der Waals surface area contributed by atoms with Crippen LogP contribution in [-0.2, 0) is 11.8 Å². The van der Waals surface area contributed by atoms with Crippen LogP contribution >= 0.6 is 0 Å². The zero-order valence-electron chi connectivity index (χ0n) is 20.9. The van der Waals surface area contributed by atoms with Gasteiger partial charge in [-0.25, -0.2) is 9.97 Å². The summed E-state index contributed by atoms with van der Waals surface area (Å²) in [6.07, 6.45) is 3.44. The maximum Gasteiger partial charge on any atom is 0.272 e. The minimum absolute atomic E-state index is 0.0143. The fraction of sp³-hybridized carbons (Fsp3) is 0.286. The molecule has 4 aromatic rings. The Labute approximate surface area is 214 Å². The molecule has 2 aliphatic heterocycles. The Morgan fingerprint density at radius 2 is 1.68 bits per heavy atom. The topological polar surface area (TPSA) is 83.8 Å². The molecule has 1 atom stereocenters. The first-order chi connectivity index (χ1) is 18.1. The van der Waals surface area contributed by atoms with E-state index in [4.69, 9.17) is 4.74 Å². The van der Waals surface area contributed by atoms with Gasteiger partial charge in [-0.1, -0.05) is 30.3 Å². The number of nitrogens with zero attached hydrogens (tertiary/aromatic N) is 6. The van der Waals surface area contributed by atoms with Crippen LogP contribution in [0.15, 0.2) is 67.0 Å². The van der Waals surface area contributed by atoms with Gasteiger partial charge in [-0.3, -0.25) is 9.59 Å². The van der Waals surface area contributed by atoms with Crippen molar-refractivity contribution < 1.29 is 14.3 Å². The van der Waals surface area contributed by atoms with Gasteiger partial charge in [-0.15, -0.1) is 0 Å². The Morgan fingerprint density at radius 1 is 0.973 bits per heavy atom. The number of carbonyl (C=O) groups is 2. The molecule has 9 heteroatoms. The van der Waals surface area contributed by atoms with Gasteiger partial charge >= 0.3 is 0 Å². The van der Waals surface area contributed by atoms with Gasteiger partial charge in [-0.2, -0.15) is 0 Å². The molecule has 0 saturated carbocycles. The summed E-state index contributed by atoms with van der Waals surface area (Å²) < 4.78 is 7.30. The number of benzene rings is 2. The van der Waals surface area contributed by atoms with Gasteiger partial charge in [0.2, 0.25) is 11.9 Å². The normalized spacial score (nSPS) is 17.4. The van der Waals surface area contributed by atoms with Gasteiger partial charge in [-0.05, 0) is 29.8 Å². The molecule has 188 valence electrons. The molecule has 2 aromatic carbocycles. The average Bonchev–Trinajstić information content (AvgIpc) is 3.41. The number of ether oxygens (including phenoxy) is 1. The molecule has 2 amide bonds. The predicted octanol–water partition coefficient (Wildman–Crippen LogP) is 2.87. The van der Waals surface area contributed by atoms with E-state index in [1.54, 1.807) is 30.5 Å². The Hall–Kier alpha value is -4.40. The molecule has 6 rings (SSSR count). The minimum atomic E-state index is -0.359. The van der Waals surface area contributed by atoms with Gasteiger partial charge in [0.1, 0.15) is 18.0 Å². The number of hydrogen-bond acceptors (Lipinski definition) is 6. The van der Waals surface area contributed by atoms with Crippen molar-refractivity contribution in [2.24, 2.45) is 7.05 Å². The van der Waals surface area contributed by atoms with E-state index in [1.807, 2.05) is 65.0 Å². The smallest absolute Gasteiger partial charge is 0.272 e. The lowest BCUT2D eigenvalue weighted by Gasteiger charge is -2.36. The van der Waals surface area contributed by atoms with Crippen LogP contribution in [0.4, 0.5) is 5.95 Å². The van der Waals surface area contributed by atoms with Crippen LogP contribution in [0.25, 0.3) is 10.9 Å². The third-order valence-electron chi connectivity index (χ3n) is 7.40. The van der Waals surface area contributed by atoms with Gasteiger partial charge in [0, 0.05) is 62.1 Å². The Morgan fingerprint density at radius 3 is 2.38 bits per heavy atom. The van der Waals surface area contributed by atoms with Crippen molar-refractivity contribution in [1.82, 2.24) is 24.3 Å². The number of aromatic nitrogens is 3. The lowest BCUT2D eigenvalue weighted by Crippen LogP contribution is -2.52. The van der Waals surface area contributed by atoms with E-state index in [0.717, 1.165) is 27.8 Å². The summed E-state index contributed by atoms with van der Waals surface area (Å²) in [5.41, 5.74) is 3.54. The molecule has 2 aromatic heterocycles. The number of aryl methyl sites for hydroxylation is 1. The Balaban J connectivity index is 1.29. The largest absolute Gasteiger partial charge is 0.497 e. The summed E-state index contributed by atoms with van der Waals surface area (Å²) in [5, 5.41) is 1.03. The van der Waals surface area contributed by atoms with Crippen molar-refractivity contribution in [2.45, 2.75) is 6.04 Å². The van der Waals surface area contributed by atoms with E-state index >= 15 is 0 Å². The molecule has 0 aliphatic carbocycles. The Kier molecular flexibility index (Phi) is 5.75. The van der Waals surface area contributed by atoms with Crippen molar-refractivity contribution >= 4 is 28.7 Å². The van der Waals surface area contributed by atoms with Crippen LogP contribution < -0.4 is 9.64 Å². The second-order valence-electron chi connectivity index (χ2n) is 9.36. The predicted molar refractivity (Wildman–Crippen MR) is 140 cm³/mol. The molecule has 4 heterocycles. The SMILES string of the molecule is COc1ccc([C@H]2c3c(n(C)c4ccccc34)C(=O)N2CC(=O)N2CCN(c3ncccn3)CC2)cc1. The first-order valence-corrected chi connectivity index (χ1v) is 12.4. The number of piperazine rings is 1. The lowest BCUT2D eigenvalue weighted by atomic mass is 9.98. The monoisotopic (exact) mass is 496 g/mol. The van der Waals surface area contributed by atoms with Gasteiger partial charge in [0.25, 0.3) is 5.91 Å². The van der Waals surface area contributed by atoms with Gasteiger partial charge in [0.15, 0.2) is 0 Å². The standard InChI is InChI=1S/C28H28N6O3/c1-31-22-7-4-3-6-21(22)24-25(19-8-10-20(37-2)11-9-19)34(27(36)26(24)31)18-23(35)32-14-16-33(17-15-32)28-29-12-5-13-30-28/h3-13,25H,14-18H2,1-2H3/t25-/m0/s1. The number of fused-ring (bicyclic) bond motifs is 3. The highest BCUT2D eigenvalue weighted by atomic mass is 16.5. The number of hydrogen-bond donors (Lipinski definition) is 0. The van der Waals surface area contributed by atoms with E-state index in [0.29, 0.717) is 37.8 Å². The second-order valence-corrected chi connectivity index (χ2v) is 9.36. The molecule has 0 spiro atoms. The molecular formula is C28H28N6O3. The third-order valence-corrected chi connectivity index (χ3v) is 7.40. The van der Waals surface area contributed by atoms with Crippen molar-refractivity contribution in [3.8, 4) is 5.75 Å². The molecule has 0 bridgehead atoms. The van der Waals surface area contributed by atoms with E-state index in [9.17, 15) is 9.59 Å². The highest BCUT2D eigenvalue weighted by molar-refractivity contribution is 6.07. The average molecular weight is 497 g/mol. The fourth-order valence-corrected chi connectivity index (χ4v) is 5.52. The van der Waals surface area contributed by atoms with Crippen LogP contribution in [0.1, 0.15) is 27.7 Å². The highest BCUT2D eigenvalue weighted by Crippen LogP contribution is 2.44. The van der Waals surface area contributed by atoms with Crippen molar-refractivity contribution in [2.75, 3.05) is 44.7 Å². The third kappa shape index (κ3) is 3.87. The van der Waals surface area contributed by atoms with Crippen LogP contribution in [0.2, 0.25) is 0 Å². The molecule has 1 fully saturated rings. The number of amides is 2. The molecule has 0 radical (unpaired) electrons. The summed E-state index contributed by atoms with van der Waals surface area (Å²) >= 11 is 0. The highest BCUT2D eigenvalue weighted by Gasteiger charge is 2.43. The van der Waals surface area contributed by atoms with Crippen LogP contribution in [0.3, 0.4) is 0 Å². The number of anilines is 1. The van der Waals surface area contributed by atoms with E-state index < -0.39 is 0 Å². The first-order valence-electron chi connectivity index (χ1n) is 12.4. The Bertz CT molecular complexity index is 1460. The number of methoxy groups -OCH3 is 1. The van der Waals surface area contributed by atoms with Gasteiger partial charge < -0.3 is 24.0 Å². The summed E-state index contributed by atoms with van der Waals surface area (Å²) in [6.45, 7) is 2.43. The van der Waals surface area contributed by atoms with Crippen molar-refractivity contribution in [3.63, 3.8) is 0 Å². The first kappa shape index (κ1) is 23.0. The molecule has 37 heavy (non-hydrogen) atoms. The summed E-state index contributed by atoms with van der Waals surface area (Å²) in [4.78, 5) is 41.6. The molecule has 2 aliphatic rings. The van der Waals surface area contributed by atoms with E-state index in [1.165, 1.54) is 0 Å². The lowest BCUT2D eigenvalue weighted by molar-refractivity contribution is -0.132. The molecule has 1 saturated heterocycles. The quantitative estimate of drug-likeness (QED) is 0.423. The zero-order chi connectivity index (χ0) is 25.5. The van der Waals surface area contributed by atoms with E-state index in [-0.39, 0.29) is 24.4 Å². The molecular weight excluding hydrogens is 468 g/mol. The molecule has 0 unspecified atom stereocenters. The van der Waals surface area contributed by atoms with Crippen LogP contribution in [0, 0.1) is 0 Å². The summed E-state index contributed by atoms with van der Waals surface area (Å²) in [7, 11) is 3.55. The summed E-state index contributed by atoms with van der Waals surface area (Å²) in [6, 6.07) is 17.2. The number of carbonyl (C=O) groups excluding carboxylic acids is 2. The van der Waals surface area contributed by atoms with Crippen molar-refractivity contribution in [3.05, 3.63) is 83.8 Å². The van der Waals surface area contributed by atoms with Crippen LogP contribution in [-0.4, -0.2) is 76.0 Å². The zero-order valence-corrected chi connectivity index (χ0v) is 20.9. The number of rotatable bonds is 5. The van der Waals surface area contributed by atoms with Crippen LogP contribution in [0.5, 0.6) is 5.75 Å². The minimum Gasteiger partial charge on any atom is -0.497 e. The summed E-state index contributed by atoms with van der Waals surface area (Å²) in [5.74, 6) is 1.23. The van der Waals surface area contributed by atoms with E-state index in [2.05, 4.69) is 14.9 Å². The molecule has 0 N–H and O–H groups in total. The fourth-order valence-electron chi connectivity index (χ4n) is 5.52. The maximum atomic E-state index is 13.8. The van der Waals surface area contributed by atoms with Crippen molar-refractivity contribution in [1.29, 1.82) is 0 Å². The maximum absolute atomic E-state index is 13.8. The molecule has 9 nitrogen and oxygen atoms in total. The number of para-hydroxylation sites is 1. The second kappa shape index (κ2) is 9.24. The van der Waals surface area contributed by atoms with Gasteiger partial charge in [0.05, 0.1) is 13.2 Å².